The van der Waals surface area contributed by atoms with Crippen LogP contribution in [-0.2, 0) is 0 Å². The van der Waals surface area contributed by atoms with E-state index in [-0.39, 0.29) is 17.2 Å². The molecule has 0 heterocycles. The highest BCUT2D eigenvalue weighted by atomic mass is 19.1. The van der Waals surface area contributed by atoms with Gasteiger partial charge in [0.15, 0.2) is 11.6 Å². The Bertz CT molecular complexity index is 658. The van der Waals surface area contributed by atoms with Gasteiger partial charge in [0.05, 0.1) is 18.5 Å². The lowest BCUT2D eigenvalue weighted by atomic mass is 10.1. The van der Waals surface area contributed by atoms with Gasteiger partial charge < -0.3 is 15.4 Å². The first kappa shape index (κ1) is 14.8. The van der Waals surface area contributed by atoms with E-state index in [1.165, 1.54) is 30.2 Å². The number of methoxy groups -OCH3 is 1. The number of nitrogens with two attached hydrogens (primary N) is 1. The molecule has 2 aromatic carbocycles. The van der Waals surface area contributed by atoms with E-state index < -0.39 is 5.82 Å². The van der Waals surface area contributed by atoms with Crippen LogP contribution in [0.25, 0.3) is 0 Å². The number of carbonyl (C=O) groups excluding carboxylic acids is 1. The fraction of sp³-hybridized carbons (Fsp3) is 0.188. The molecule has 0 saturated heterocycles. The van der Waals surface area contributed by atoms with Crippen LogP contribution in [0.1, 0.15) is 17.3 Å². The number of nitrogens with zero attached hydrogens (tertiary/aromatic N) is 1. The number of halogens is 1. The molecule has 4 nitrogen and oxygen atoms in total. The molecule has 0 aromatic heterocycles. The van der Waals surface area contributed by atoms with E-state index in [9.17, 15) is 9.18 Å². The molecule has 0 saturated carbocycles. The molecule has 110 valence electrons. The average molecular weight is 288 g/mol. The normalized spacial score (nSPS) is 10.2. The Morgan fingerprint density at radius 1 is 1.29 bits per heavy atom. The van der Waals surface area contributed by atoms with Gasteiger partial charge in [-0.15, -0.1) is 0 Å². The number of rotatable bonds is 4. The monoisotopic (exact) mass is 288 g/mol. The van der Waals surface area contributed by atoms with Gasteiger partial charge >= 0.3 is 0 Å². The van der Waals surface area contributed by atoms with Gasteiger partial charge in [-0.3, -0.25) is 4.79 Å². The van der Waals surface area contributed by atoms with Crippen molar-refractivity contribution >= 4 is 17.3 Å². The zero-order valence-electron chi connectivity index (χ0n) is 12.0. The van der Waals surface area contributed by atoms with Crippen LogP contribution in [0.5, 0.6) is 5.75 Å². The van der Waals surface area contributed by atoms with Crippen molar-refractivity contribution in [3.8, 4) is 5.75 Å². The Kier molecular flexibility index (Phi) is 4.42. The van der Waals surface area contributed by atoms with Crippen molar-refractivity contribution in [2.75, 3.05) is 24.3 Å². The van der Waals surface area contributed by atoms with Crippen molar-refractivity contribution in [1.29, 1.82) is 0 Å². The molecular weight excluding hydrogens is 271 g/mol. The maximum atomic E-state index is 13.7. The molecule has 0 radical (unpaired) electrons. The lowest BCUT2D eigenvalue weighted by Crippen LogP contribution is -2.31. The summed E-state index contributed by atoms with van der Waals surface area (Å²) in [5, 5.41) is 0. The summed E-state index contributed by atoms with van der Waals surface area (Å²) in [6.07, 6.45) is 0. The van der Waals surface area contributed by atoms with Gasteiger partial charge in [-0.1, -0.05) is 12.1 Å². The molecule has 0 aliphatic carbocycles. The molecule has 0 aliphatic rings. The first-order valence-corrected chi connectivity index (χ1v) is 6.58. The fourth-order valence-electron chi connectivity index (χ4n) is 2.11. The van der Waals surface area contributed by atoms with E-state index in [1.54, 1.807) is 24.3 Å². The third kappa shape index (κ3) is 2.97. The SMILES string of the molecule is CCN(C(=O)c1ccc(OC)c(F)c1)c1ccccc1N. The minimum absolute atomic E-state index is 0.105. The zero-order chi connectivity index (χ0) is 15.4. The number of nitrogen functional groups attached to an aromatic ring is 1. The third-order valence-electron chi connectivity index (χ3n) is 3.19. The number of anilines is 2. The molecule has 0 spiro atoms. The van der Waals surface area contributed by atoms with Gasteiger partial charge in [-0.2, -0.15) is 0 Å². The largest absolute Gasteiger partial charge is 0.494 e. The maximum absolute atomic E-state index is 13.7. The van der Waals surface area contributed by atoms with Crippen molar-refractivity contribution in [2.24, 2.45) is 0 Å². The van der Waals surface area contributed by atoms with Gasteiger partial charge in [0.25, 0.3) is 5.91 Å². The van der Waals surface area contributed by atoms with Crippen molar-refractivity contribution < 1.29 is 13.9 Å². The summed E-state index contributed by atoms with van der Waals surface area (Å²) in [6, 6.07) is 11.2. The molecule has 21 heavy (non-hydrogen) atoms. The molecule has 2 rings (SSSR count). The number of hydrogen-bond donors (Lipinski definition) is 1. The third-order valence-corrected chi connectivity index (χ3v) is 3.19. The summed E-state index contributed by atoms with van der Waals surface area (Å²) in [7, 11) is 1.38. The molecule has 0 atom stereocenters. The second kappa shape index (κ2) is 6.26. The summed E-state index contributed by atoms with van der Waals surface area (Å²) in [5.74, 6) is -0.772. The smallest absolute Gasteiger partial charge is 0.258 e. The van der Waals surface area contributed by atoms with Crippen LogP contribution < -0.4 is 15.4 Å². The number of amides is 1. The lowest BCUT2D eigenvalue weighted by molar-refractivity contribution is 0.0988. The molecule has 0 unspecified atom stereocenters. The Labute approximate surface area is 122 Å². The van der Waals surface area contributed by atoms with Crippen LogP contribution in [-0.4, -0.2) is 19.6 Å². The molecule has 1 amide bonds. The predicted octanol–water partition coefficient (Wildman–Crippen LogP) is 3.08. The number of hydrogen-bond acceptors (Lipinski definition) is 3. The molecule has 0 fully saturated rings. The van der Waals surface area contributed by atoms with E-state index in [4.69, 9.17) is 10.5 Å². The molecule has 0 bridgehead atoms. The summed E-state index contributed by atoms with van der Waals surface area (Å²) >= 11 is 0. The number of benzene rings is 2. The highest BCUT2D eigenvalue weighted by molar-refractivity contribution is 6.07. The summed E-state index contributed by atoms with van der Waals surface area (Å²) in [4.78, 5) is 14.1. The van der Waals surface area contributed by atoms with Gasteiger partial charge in [0, 0.05) is 12.1 Å². The van der Waals surface area contributed by atoms with Crippen LogP contribution in [0.15, 0.2) is 42.5 Å². The average Bonchev–Trinajstić information content (AvgIpc) is 2.49. The molecular formula is C16H17FN2O2. The van der Waals surface area contributed by atoms with Crippen LogP contribution in [0.3, 0.4) is 0 Å². The topological polar surface area (TPSA) is 55.6 Å². The van der Waals surface area contributed by atoms with Crippen LogP contribution >= 0.6 is 0 Å². The quantitative estimate of drug-likeness (QED) is 0.880. The second-order valence-electron chi connectivity index (χ2n) is 4.46. The summed E-state index contributed by atoms with van der Waals surface area (Å²) in [6.45, 7) is 2.27. The molecule has 0 aliphatic heterocycles. The standard InChI is InChI=1S/C16H17FN2O2/c1-3-19(14-7-5-4-6-13(14)18)16(20)11-8-9-15(21-2)12(17)10-11/h4-10H,3,18H2,1-2H3. The number of carbonyl (C=O) groups is 1. The van der Waals surface area contributed by atoms with E-state index in [2.05, 4.69) is 0 Å². The zero-order valence-corrected chi connectivity index (χ0v) is 12.0. The Morgan fingerprint density at radius 3 is 2.57 bits per heavy atom. The number of ether oxygens (including phenoxy) is 1. The minimum Gasteiger partial charge on any atom is -0.494 e. The molecule has 5 heteroatoms. The molecule has 2 N–H and O–H groups in total. The first-order valence-electron chi connectivity index (χ1n) is 6.58. The minimum atomic E-state index is -0.569. The van der Waals surface area contributed by atoms with Gasteiger partial charge in [0.1, 0.15) is 0 Å². The highest BCUT2D eigenvalue weighted by Gasteiger charge is 2.19. The van der Waals surface area contributed by atoms with Gasteiger partial charge in [0.2, 0.25) is 0 Å². The Morgan fingerprint density at radius 2 is 2.00 bits per heavy atom. The van der Waals surface area contributed by atoms with E-state index in [1.807, 2.05) is 6.92 Å². The summed E-state index contributed by atoms with van der Waals surface area (Å²) < 4.78 is 18.6. The lowest BCUT2D eigenvalue weighted by Gasteiger charge is -2.22. The second-order valence-corrected chi connectivity index (χ2v) is 4.46. The van der Waals surface area contributed by atoms with Crippen LogP contribution in [0.4, 0.5) is 15.8 Å². The van der Waals surface area contributed by atoms with E-state index in [0.717, 1.165) is 0 Å². The van der Waals surface area contributed by atoms with E-state index >= 15 is 0 Å². The first-order chi connectivity index (χ1) is 10.1. The molecule has 2 aromatic rings. The van der Waals surface area contributed by atoms with Crippen molar-refractivity contribution in [2.45, 2.75) is 6.92 Å². The van der Waals surface area contributed by atoms with Crippen molar-refractivity contribution in [3.63, 3.8) is 0 Å². The predicted molar refractivity (Wildman–Crippen MR) is 81.2 cm³/mol. The van der Waals surface area contributed by atoms with Gasteiger partial charge in [-0.25, -0.2) is 4.39 Å². The van der Waals surface area contributed by atoms with Crippen molar-refractivity contribution in [1.82, 2.24) is 0 Å². The van der Waals surface area contributed by atoms with Crippen LogP contribution in [0, 0.1) is 5.82 Å². The maximum Gasteiger partial charge on any atom is 0.258 e. The van der Waals surface area contributed by atoms with Crippen LogP contribution in [0.2, 0.25) is 0 Å². The Balaban J connectivity index is 2.37. The highest BCUT2D eigenvalue weighted by Crippen LogP contribution is 2.25. The fourth-order valence-corrected chi connectivity index (χ4v) is 2.11. The summed E-state index contributed by atoms with van der Waals surface area (Å²) in [5.41, 5.74) is 7.26. The van der Waals surface area contributed by atoms with E-state index in [0.29, 0.717) is 17.9 Å². The Hall–Kier alpha value is -2.56. The van der Waals surface area contributed by atoms with Gasteiger partial charge in [-0.05, 0) is 37.3 Å². The van der Waals surface area contributed by atoms with Crippen molar-refractivity contribution in [3.05, 3.63) is 53.8 Å². The number of para-hydroxylation sites is 2.